The first-order chi connectivity index (χ1) is 9.94. The molecular weight excluding hydrogens is 339 g/mol. The van der Waals surface area contributed by atoms with Gasteiger partial charge in [0.2, 0.25) is 16.4 Å². The monoisotopic (exact) mass is 350 g/mol. The van der Waals surface area contributed by atoms with Crippen molar-refractivity contribution in [2.45, 2.75) is 17.9 Å². The maximum absolute atomic E-state index is 12.2. The Morgan fingerprint density at radius 2 is 2.10 bits per heavy atom. The number of hydrogen-bond acceptors (Lipinski definition) is 6. The number of nitrogens with two attached hydrogens (primary N) is 1. The van der Waals surface area contributed by atoms with Crippen LogP contribution < -0.4 is 10.5 Å². The van der Waals surface area contributed by atoms with Crippen molar-refractivity contribution >= 4 is 33.2 Å². The SMILES string of the molecule is NCc1cc(Cl)cc(S(=O)(=O)NCCc2ncon2)c1Cl. The zero-order valence-electron chi connectivity index (χ0n) is 10.7. The molecule has 1 aromatic heterocycles. The maximum atomic E-state index is 12.2. The Bertz CT molecular complexity index is 719. The van der Waals surface area contributed by atoms with E-state index in [2.05, 4.69) is 19.4 Å². The van der Waals surface area contributed by atoms with Gasteiger partial charge in [0, 0.05) is 24.5 Å². The molecule has 0 bridgehead atoms. The molecule has 0 aliphatic carbocycles. The van der Waals surface area contributed by atoms with E-state index in [0.717, 1.165) is 0 Å². The van der Waals surface area contributed by atoms with E-state index in [1.165, 1.54) is 18.5 Å². The molecule has 114 valence electrons. The number of rotatable bonds is 6. The van der Waals surface area contributed by atoms with Crippen LogP contribution in [0, 0.1) is 0 Å². The van der Waals surface area contributed by atoms with E-state index < -0.39 is 10.0 Å². The zero-order chi connectivity index (χ0) is 15.5. The normalized spacial score (nSPS) is 11.8. The van der Waals surface area contributed by atoms with E-state index in [1.807, 2.05) is 0 Å². The number of hydrogen-bond donors (Lipinski definition) is 2. The lowest BCUT2D eigenvalue weighted by Gasteiger charge is -2.11. The van der Waals surface area contributed by atoms with Gasteiger partial charge in [-0.1, -0.05) is 28.4 Å². The highest BCUT2D eigenvalue weighted by molar-refractivity contribution is 7.89. The molecule has 3 N–H and O–H groups in total. The predicted molar refractivity (Wildman–Crippen MR) is 77.5 cm³/mol. The van der Waals surface area contributed by atoms with Crippen molar-refractivity contribution < 1.29 is 12.9 Å². The quantitative estimate of drug-likeness (QED) is 0.813. The predicted octanol–water partition coefficient (Wildman–Crippen LogP) is 1.36. The third-order valence-corrected chi connectivity index (χ3v) is 4.90. The molecular formula is C11H12Cl2N4O3S. The molecule has 0 radical (unpaired) electrons. The molecule has 2 rings (SSSR count). The lowest BCUT2D eigenvalue weighted by atomic mass is 10.2. The van der Waals surface area contributed by atoms with Crippen molar-refractivity contribution in [3.63, 3.8) is 0 Å². The second-order valence-electron chi connectivity index (χ2n) is 4.08. The van der Waals surface area contributed by atoms with E-state index in [4.69, 9.17) is 28.9 Å². The lowest BCUT2D eigenvalue weighted by molar-refractivity contribution is 0.410. The Morgan fingerprint density at radius 1 is 1.33 bits per heavy atom. The maximum Gasteiger partial charge on any atom is 0.242 e. The summed E-state index contributed by atoms with van der Waals surface area (Å²) in [5.41, 5.74) is 5.97. The van der Waals surface area contributed by atoms with Crippen molar-refractivity contribution in [1.82, 2.24) is 14.9 Å². The Labute approximate surface area is 131 Å². The summed E-state index contributed by atoms with van der Waals surface area (Å²) in [7, 11) is -3.81. The van der Waals surface area contributed by atoms with Gasteiger partial charge in [-0.2, -0.15) is 4.98 Å². The fourth-order valence-corrected chi connectivity index (χ4v) is 3.61. The first-order valence-corrected chi connectivity index (χ1v) is 8.11. The summed E-state index contributed by atoms with van der Waals surface area (Å²) in [5, 5.41) is 3.90. The van der Waals surface area contributed by atoms with Crippen molar-refractivity contribution in [1.29, 1.82) is 0 Å². The van der Waals surface area contributed by atoms with Crippen LogP contribution in [0.25, 0.3) is 0 Å². The minimum Gasteiger partial charge on any atom is -0.343 e. The van der Waals surface area contributed by atoms with Gasteiger partial charge in [0.25, 0.3) is 0 Å². The van der Waals surface area contributed by atoms with Crippen molar-refractivity contribution in [3.05, 3.63) is 40.0 Å². The van der Waals surface area contributed by atoms with E-state index >= 15 is 0 Å². The van der Waals surface area contributed by atoms with Crippen LogP contribution in [-0.4, -0.2) is 25.1 Å². The van der Waals surface area contributed by atoms with Gasteiger partial charge in [0.1, 0.15) is 4.90 Å². The summed E-state index contributed by atoms with van der Waals surface area (Å²) < 4.78 is 31.4. The van der Waals surface area contributed by atoms with E-state index in [9.17, 15) is 8.42 Å². The first-order valence-electron chi connectivity index (χ1n) is 5.87. The van der Waals surface area contributed by atoms with Gasteiger partial charge in [-0.3, -0.25) is 0 Å². The van der Waals surface area contributed by atoms with Crippen LogP contribution in [0.4, 0.5) is 0 Å². The first kappa shape index (κ1) is 16.2. The van der Waals surface area contributed by atoms with E-state index in [-0.39, 0.29) is 34.5 Å². The van der Waals surface area contributed by atoms with Crippen molar-refractivity contribution in [2.24, 2.45) is 5.73 Å². The van der Waals surface area contributed by atoms with Gasteiger partial charge in [0.05, 0.1) is 5.02 Å². The molecule has 2 aromatic rings. The molecule has 0 amide bonds. The molecule has 10 heteroatoms. The second kappa shape index (κ2) is 6.71. The van der Waals surface area contributed by atoms with Crippen LogP contribution in [-0.2, 0) is 23.0 Å². The highest BCUT2D eigenvalue weighted by atomic mass is 35.5. The summed E-state index contributed by atoms with van der Waals surface area (Å²) in [5.74, 6) is 0.400. The molecule has 0 unspecified atom stereocenters. The third-order valence-electron chi connectivity index (χ3n) is 2.64. The molecule has 21 heavy (non-hydrogen) atoms. The number of nitrogens with one attached hydrogen (secondary N) is 1. The molecule has 1 heterocycles. The van der Waals surface area contributed by atoms with E-state index in [0.29, 0.717) is 11.4 Å². The Balaban J connectivity index is 2.17. The number of halogens is 2. The molecule has 0 fully saturated rings. The van der Waals surface area contributed by atoms with Gasteiger partial charge < -0.3 is 10.3 Å². The molecule has 0 saturated heterocycles. The average Bonchev–Trinajstić information content (AvgIpc) is 2.93. The van der Waals surface area contributed by atoms with Gasteiger partial charge in [0.15, 0.2) is 5.82 Å². The van der Waals surface area contributed by atoms with Crippen LogP contribution >= 0.6 is 23.2 Å². The van der Waals surface area contributed by atoms with Gasteiger partial charge in [-0.05, 0) is 17.7 Å². The standard InChI is InChI=1S/C11H12Cl2N4O3S/c12-8-3-7(5-14)11(13)9(4-8)21(18,19)16-2-1-10-15-6-20-17-10/h3-4,6,16H,1-2,5,14H2. The highest BCUT2D eigenvalue weighted by Crippen LogP contribution is 2.29. The number of benzene rings is 1. The topological polar surface area (TPSA) is 111 Å². The minimum absolute atomic E-state index is 0.0639. The summed E-state index contributed by atoms with van der Waals surface area (Å²) in [6.45, 7) is 0.188. The Kier molecular flexibility index (Phi) is 5.17. The number of aromatic nitrogens is 2. The average molecular weight is 351 g/mol. The van der Waals surface area contributed by atoms with Crippen LogP contribution in [0.2, 0.25) is 10.0 Å². The van der Waals surface area contributed by atoms with Crippen LogP contribution in [0.5, 0.6) is 0 Å². The lowest BCUT2D eigenvalue weighted by Crippen LogP contribution is -2.26. The third kappa shape index (κ3) is 3.92. The molecule has 0 atom stereocenters. The summed E-state index contributed by atoms with van der Waals surface area (Å²) in [6, 6.07) is 2.81. The fraction of sp³-hybridized carbons (Fsp3) is 0.273. The molecule has 7 nitrogen and oxygen atoms in total. The van der Waals surface area contributed by atoms with Crippen molar-refractivity contribution in [3.8, 4) is 0 Å². The molecule has 0 spiro atoms. The molecule has 1 aromatic carbocycles. The number of nitrogens with zero attached hydrogens (tertiary/aromatic N) is 2. The van der Waals surface area contributed by atoms with E-state index in [1.54, 1.807) is 0 Å². The molecule has 0 saturated carbocycles. The Morgan fingerprint density at radius 3 is 2.71 bits per heavy atom. The Hall–Kier alpha value is -1.19. The largest absolute Gasteiger partial charge is 0.343 e. The summed E-state index contributed by atoms with van der Waals surface area (Å²) in [4.78, 5) is 3.69. The van der Waals surface area contributed by atoms with Crippen LogP contribution in [0.15, 0.2) is 27.9 Å². The second-order valence-corrected chi connectivity index (χ2v) is 6.63. The smallest absolute Gasteiger partial charge is 0.242 e. The highest BCUT2D eigenvalue weighted by Gasteiger charge is 2.20. The van der Waals surface area contributed by atoms with Crippen LogP contribution in [0.1, 0.15) is 11.4 Å². The minimum atomic E-state index is -3.81. The van der Waals surface area contributed by atoms with Gasteiger partial charge >= 0.3 is 0 Å². The summed E-state index contributed by atoms with van der Waals surface area (Å²) in [6.07, 6.45) is 1.46. The van der Waals surface area contributed by atoms with Gasteiger partial charge in [-0.15, -0.1) is 0 Å². The van der Waals surface area contributed by atoms with Gasteiger partial charge in [-0.25, -0.2) is 13.1 Å². The fourth-order valence-electron chi connectivity index (χ4n) is 1.64. The summed E-state index contributed by atoms with van der Waals surface area (Å²) >= 11 is 11.9. The number of sulfonamides is 1. The zero-order valence-corrected chi connectivity index (χ0v) is 13.0. The molecule has 0 aliphatic heterocycles. The van der Waals surface area contributed by atoms with Crippen LogP contribution in [0.3, 0.4) is 0 Å². The van der Waals surface area contributed by atoms with Crippen molar-refractivity contribution in [2.75, 3.05) is 6.54 Å². The molecule has 0 aliphatic rings.